The van der Waals surface area contributed by atoms with Crippen LogP contribution in [0.2, 0.25) is 0 Å². The molecule has 1 heterocycles. The molecule has 0 radical (unpaired) electrons. The highest BCUT2D eigenvalue weighted by molar-refractivity contribution is 5.65. The molecule has 0 spiro atoms. The van der Waals surface area contributed by atoms with E-state index in [0.717, 1.165) is 44.4 Å². The van der Waals surface area contributed by atoms with Gasteiger partial charge in [-0.3, -0.25) is 4.68 Å². The van der Waals surface area contributed by atoms with Crippen LogP contribution in [0.15, 0.2) is 30.6 Å². The van der Waals surface area contributed by atoms with E-state index in [1.54, 1.807) is 16.9 Å². The molecule has 0 atom stereocenters. The summed E-state index contributed by atoms with van der Waals surface area (Å²) >= 11 is 0. The fraction of sp³-hybridized carbons (Fsp3) is 0.412. The quantitative estimate of drug-likeness (QED) is 0.701. The van der Waals surface area contributed by atoms with Crippen molar-refractivity contribution in [3.63, 3.8) is 0 Å². The summed E-state index contributed by atoms with van der Waals surface area (Å²) < 4.78 is 40.5. The first-order valence-electron chi connectivity index (χ1n) is 7.59. The topological polar surface area (TPSA) is 41.6 Å². The molecule has 0 saturated carbocycles. The Morgan fingerprint density at radius 2 is 1.91 bits per heavy atom. The zero-order chi connectivity index (χ0) is 16.9. The molecule has 23 heavy (non-hydrogen) atoms. The van der Waals surface area contributed by atoms with Gasteiger partial charge in [0.2, 0.25) is 0 Å². The van der Waals surface area contributed by atoms with Gasteiger partial charge < -0.3 is 0 Å². The molecule has 0 bridgehead atoms. The normalized spacial score (nSPS) is 11.4. The van der Waals surface area contributed by atoms with Crippen LogP contribution in [0.3, 0.4) is 0 Å². The predicted octanol–water partition coefficient (Wildman–Crippen LogP) is 5.02. The minimum atomic E-state index is -4.47. The smallest absolute Gasteiger partial charge is 0.272 e. The van der Waals surface area contributed by atoms with Crippen LogP contribution in [0.4, 0.5) is 13.2 Å². The summed E-state index contributed by atoms with van der Waals surface area (Å²) in [6, 6.07) is 5.14. The molecule has 0 aliphatic carbocycles. The number of alkyl halides is 3. The fourth-order valence-corrected chi connectivity index (χ4v) is 2.36. The van der Waals surface area contributed by atoms with Gasteiger partial charge in [-0.25, -0.2) is 0 Å². The van der Waals surface area contributed by atoms with Crippen molar-refractivity contribution in [1.82, 2.24) is 9.78 Å². The molecule has 122 valence electrons. The number of benzene rings is 1. The lowest BCUT2D eigenvalue weighted by atomic mass is 10.0. The lowest BCUT2D eigenvalue weighted by Crippen LogP contribution is -2.05. The Hall–Kier alpha value is -2.29. The van der Waals surface area contributed by atoms with E-state index in [4.69, 9.17) is 5.26 Å². The van der Waals surface area contributed by atoms with Crippen LogP contribution in [-0.4, -0.2) is 9.78 Å². The van der Waals surface area contributed by atoms with Gasteiger partial charge in [-0.15, -0.1) is 0 Å². The largest absolute Gasteiger partial charge is 0.416 e. The number of nitriles is 1. The number of rotatable bonds is 6. The van der Waals surface area contributed by atoms with Gasteiger partial charge in [-0.1, -0.05) is 26.2 Å². The summed E-state index contributed by atoms with van der Waals surface area (Å²) in [7, 11) is 0. The van der Waals surface area contributed by atoms with Crippen LogP contribution in [0.1, 0.15) is 43.7 Å². The highest BCUT2D eigenvalue weighted by Crippen LogP contribution is 2.33. The van der Waals surface area contributed by atoms with E-state index in [0.29, 0.717) is 11.1 Å². The van der Waals surface area contributed by atoms with E-state index in [1.807, 2.05) is 0 Å². The Morgan fingerprint density at radius 3 is 2.57 bits per heavy atom. The average molecular weight is 321 g/mol. The highest BCUT2D eigenvalue weighted by Gasteiger charge is 2.31. The van der Waals surface area contributed by atoms with Crippen molar-refractivity contribution in [2.75, 3.05) is 0 Å². The Balaban J connectivity index is 2.22. The van der Waals surface area contributed by atoms with Gasteiger partial charge in [0.05, 0.1) is 23.4 Å². The van der Waals surface area contributed by atoms with Crippen molar-refractivity contribution in [3.05, 3.63) is 41.7 Å². The summed E-state index contributed by atoms with van der Waals surface area (Å²) in [4.78, 5) is 0. The number of aromatic nitrogens is 2. The number of unbranched alkanes of at least 4 members (excludes halogenated alkanes) is 3. The maximum absolute atomic E-state index is 12.9. The summed E-state index contributed by atoms with van der Waals surface area (Å²) in [5.41, 5.74) is 0.118. The van der Waals surface area contributed by atoms with Gasteiger partial charge in [0.15, 0.2) is 0 Å². The lowest BCUT2D eigenvalue weighted by molar-refractivity contribution is -0.137. The number of halogens is 3. The van der Waals surface area contributed by atoms with E-state index in [9.17, 15) is 13.2 Å². The van der Waals surface area contributed by atoms with Crippen molar-refractivity contribution in [2.24, 2.45) is 0 Å². The first-order valence-corrected chi connectivity index (χ1v) is 7.59. The lowest BCUT2D eigenvalue weighted by Gasteiger charge is -2.09. The van der Waals surface area contributed by atoms with Crippen LogP contribution in [0, 0.1) is 11.3 Å². The van der Waals surface area contributed by atoms with Crippen LogP contribution in [-0.2, 0) is 12.7 Å². The van der Waals surface area contributed by atoms with Gasteiger partial charge in [0.25, 0.3) is 0 Å². The van der Waals surface area contributed by atoms with E-state index in [2.05, 4.69) is 12.0 Å². The average Bonchev–Trinajstić information content (AvgIpc) is 2.99. The van der Waals surface area contributed by atoms with Gasteiger partial charge in [-0.2, -0.15) is 23.5 Å². The van der Waals surface area contributed by atoms with Gasteiger partial charge in [-0.05, 0) is 30.2 Å². The Kier molecular flexibility index (Phi) is 5.43. The molecule has 0 saturated heterocycles. The number of hydrogen-bond donors (Lipinski definition) is 0. The van der Waals surface area contributed by atoms with Crippen LogP contribution < -0.4 is 0 Å². The second-order valence-corrected chi connectivity index (χ2v) is 5.46. The third-order valence-electron chi connectivity index (χ3n) is 3.60. The molecule has 3 nitrogen and oxygen atoms in total. The monoisotopic (exact) mass is 321 g/mol. The Labute approximate surface area is 133 Å². The van der Waals surface area contributed by atoms with Crippen molar-refractivity contribution in [3.8, 4) is 17.2 Å². The number of aryl methyl sites for hydroxylation is 1. The standard InChI is InChI=1S/C17H18F3N3/c1-2-3-4-5-6-23-12-15(11-22-23)14-7-13(10-21)8-16(9-14)17(18,19)20/h7-9,11-12H,2-6H2,1H3. The van der Waals surface area contributed by atoms with Gasteiger partial charge in [0.1, 0.15) is 0 Å². The molecule has 2 aromatic rings. The third-order valence-corrected chi connectivity index (χ3v) is 3.60. The summed E-state index contributed by atoms with van der Waals surface area (Å²) in [6.45, 7) is 2.87. The first kappa shape index (κ1) is 17.1. The Morgan fingerprint density at radius 1 is 1.13 bits per heavy atom. The fourth-order valence-electron chi connectivity index (χ4n) is 2.36. The van der Waals surface area contributed by atoms with Gasteiger partial charge >= 0.3 is 6.18 Å². The molecule has 2 rings (SSSR count). The molecule has 1 aromatic heterocycles. The molecule has 0 aliphatic rings. The third kappa shape index (κ3) is 4.59. The van der Waals surface area contributed by atoms with Crippen molar-refractivity contribution in [1.29, 1.82) is 5.26 Å². The zero-order valence-electron chi connectivity index (χ0n) is 12.9. The second kappa shape index (κ2) is 7.32. The van der Waals surface area contributed by atoms with Crippen LogP contribution in [0.5, 0.6) is 0 Å². The first-order chi connectivity index (χ1) is 10.9. The molecule has 6 heteroatoms. The molecular formula is C17H18F3N3. The molecule has 0 amide bonds. The molecule has 0 unspecified atom stereocenters. The molecular weight excluding hydrogens is 303 g/mol. The molecule has 0 N–H and O–H groups in total. The van der Waals surface area contributed by atoms with Crippen LogP contribution in [0.25, 0.3) is 11.1 Å². The second-order valence-electron chi connectivity index (χ2n) is 5.46. The van der Waals surface area contributed by atoms with Crippen molar-refractivity contribution >= 4 is 0 Å². The SMILES string of the molecule is CCCCCCn1cc(-c2cc(C#N)cc(C(F)(F)F)c2)cn1. The maximum atomic E-state index is 12.9. The maximum Gasteiger partial charge on any atom is 0.416 e. The van der Waals surface area contributed by atoms with Crippen LogP contribution >= 0.6 is 0 Å². The predicted molar refractivity (Wildman–Crippen MR) is 81.5 cm³/mol. The van der Waals surface area contributed by atoms with Crippen molar-refractivity contribution in [2.45, 2.75) is 45.3 Å². The highest BCUT2D eigenvalue weighted by atomic mass is 19.4. The van der Waals surface area contributed by atoms with Gasteiger partial charge in [0, 0.05) is 18.3 Å². The molecule has 1 aromatic carbocycles. The summed E-state index contributed by atoms with van der Waals surface area (Å²) in [5.74, 6) is 0. The van der Waals surface area contributed by atoms with E-state index in [1.165, 1.54) is 12.3 Å². The van der Waals surface area contributed by atoms with Crippen molar-refractivity contribution < 1.29 is 13.2 Å². The summed E-state index contributed by atoms with van der Waals surface area (Å²) in [6.07, 6.45) is 3.18. The summed E-state index contributed by atoms with van der Waals surface area (Å²) in [5, 5.41) is 13.1. The zero-order valence-corrected chi connectivity index (χ0v) is 12.9. The minimum absolute atomic E-state index is 0.00878. The van der Waals surface area contributed by atoms with E-state index in [-0.39, 0.29) is 5.56 Å². The molecule has 0 fully saturated rings. The Bertz CT molecular complexity index is 696. The minimum Gasteiger partial charge on any atom is -0.272 e. The number of hydrogen-bond acceptors (Lipinski definition) is 2. The number of nitrogens with zero attached hydrogens (tertiary/aromatic N) is 3. The van der Waals surface area contributed by atoms with E-state index < -0.39 is 11.7 Å². The molecule has 0 aliphatic heterocycles. The van der Waals surface area contributed by atoms with E-state index >= 15 is 0 Å².